The van der Waals surface area contributed by atoms with Gasteiger partial charge in [0.05, 0.1) is 11.2 Å². The van der Waals surface area contributed by atoms with Crippen LogP contribution in [0.25, 0.3) is 0 Å². The van der Waals surface area contributed by atoms with Crippen LogP contribution < -0.4 is 10.6 Å². The highest BCUT2D eigenvalue weighted by molar-refractivity contribution is 9.10. The maximum Gasteiger partial charge on any atom is 0.244 e. The van der Waals surface area contributed by atoms with Gasteiger partial charge in [0.2, 0.25) is 5.91 Å². The molecule has 0 spiro atoms. The van der Waals surface area contributed by atoms with Crippen molar-refractivity contribution < 1.29 is 4.79 Å². The molecule has 1 amide bonds. The Kier molecular flexibility index (Phi) is 5.01. The molecule has 2 rings (SSSR count). The lowest BCUT2D eigenvalue weighted by Gasteiger charge is -2.39. The van der Waals surface area contributed by atoms with E-state index in [1.54, 1.807) is 12.3 Å². The van der Waals surface area contributed by atoms with Gasteiger partial charge < -0.3 is 10.6 Å². The molecule has 1 aliphatic rings. The number of anilines is 1. The topological polar surface area (TPSA) is 57.3 Å². The van der Waals surface area contributed by atoms with Crippen LogP contribution in [0, 0.1) is 0 Å². The van der Waals surface area contributed by atoms with E-state index in [1.807, 2.05) is 13.8 Å². The zero-order chi connectivity index (χ0) is 14.8. The lowest BCUT2D eigenvalue weighted by Crippen LogP contribution is -2.58. The summed E-state index contributed by atoms with van der Waals surface area (Å²) >= 11 is 9.33. The van der Waals surface area contributed by atoms with Crippen molar-refractivity contribution in [1.82, 2.24) is 15.2 Å². The SMILES string of the molecule is CC(C)(C(=O)Nc1cc(Br)cnc1Cl)N1CCNCC1. The number of pyridine rings is 1. The first-order valence-electron chi connectivity index (χ1n) is 6.49. The third-order valence-corrected chi connectivity index (χ3v) is 4.25. The number of amides is 1. The maximum atomic E-state index is 12.5. The number of carbonyl (C=O) groups excluding carboxylic acids is 1. The Hall–Kier alpha value is -0.690. The average molecular weight is 362 g/mol. The third-order valence-electron chi connectivity index (χ3n) is 3.52. The Labute approximate surface area is 132 Å². The molecule has 1 saturated heterocycles. The number of aromatic nitrogens is 1. The molecule has 110 valence electrons. The van der Waals surface area contributed by atoms with E-state index >= 15 is 0 Å². The number of hydrogen-bond donors (Lipinski definition) is 2. The van der Waals surface area contributed by atoms with Gasteiger partial charge in [0.25, 0.3) is 0 Å². The fourth-order valence-electron chi connectivity index (χ4n) is 2.15. The normalized spacial score (nSPS) is 17.0. The Morgan fingerprint density at radius 1 is 1.50 bits per heavy atom. The molecule has 1 aromatic rings. The summed E-state index contributed by atoms with van der Waals surface area (Å²) in [5.74, 6) is -0.0822. The molecular formula is C13H18BrClN4O. The summed E-state index contributed by atoms with van der Waals surface area (Å²) in [5, 5.41) is 6.43. The average Bonchev–Trinajstić information content (AvgIpc) is 2.43. The highest BCUT2D eigenvalue weighted by Gasteiger charge is 2.35. The first kappa shape index (κ1) is 15.7. The van der Waals surface area contributed by atoms with Crippen LogP contribution in [-0.4, -0.2) is 47.5 Å². The predicted octanol–water partition coefficient (Wildman–Crippen LogP) is 2.12. The Balaban J connectivity index is 2.11. The molecule has 1 fully saturated rings. The summed E-state index contributed by atoms with van der Waals surface area (Å²) in [4.78, 5) is 18.7. The van der Waals surface area contributed by atoms with E-state index in [-0.39, 0.29) is 11.1 Å². The number of piperazine rings is 1. The zero-order valence-corrected chi connectivity index (χ0v) is 13.9. The molecule has 0 aliphatic carbocycles. The highest BCUT2D eigenvalue weighted by atomic mass is 79.9. The zero-order valence-electron chi connectivity index (χ0n) is 11.5. The van der Waals surface area contributed by atoms with E-state index in [2.05, 4.69) is 36.4 Å². The smallest absolute Gasteiger partial charge is 0.244 e. The monoisotopic (exact) mass is 360 g/mol. The van der Waals surface area contributed by atoms with E-state index in [0.717, 1.165) is 30.7 Å². The molecule has 0 aromatic carbocycles. The number of hydrogen-bond acceptors (Lipinski definition) is 4. The fraction of sp³-hybridized carbons (Fsp3) is 0.538. The van der Waals surface area contributed by atoms with Crippen LogP contribution in [0.3, 0.4) is 0 Å². The van der Waals surface area contributed by atoms with Gasteiger partial charge in [-0.2, -0.15) is 0 Å². The molecule has 2 heterocycles. The molecule has 20 heavy (non-hydrogen) atoms. The molecule has 7 heteroatoms. The minimum atomic E-state index is -0.590. The Morgan fingerprint density at radius 2 is 2.15 bits per heavy atom. The van der Waals surface area contributed by atoms with Gasteiger partial charge in [-0.05, 0) is 35.8 Å². The van der Waals surface area contributed by atoms with Crippen LogP contribution in [0.1, 0.15) is 13.8 Å². The quantitative estimate of drug-likeness (QED) is 0.810. The fourth-order valence-corrected chi connectivity index (χ4v) is 2.63. The number of nitrogens with one attached hydrogen (secondary N) is 2. The summed E-state index contributed by atoms with van der Waals surface area (Å²) in [6.45, 7) is 7.35. The second kappa shape index (κ2) is 6.39. The molecule has 1 aromatic heterocycles. The summed E-state index contributed by atoms with van der Waals surface area (Å²) in [6.07, 6.45) is 1.60. The second-order valence-electron chi connectivity index (χ2n) is 5.24. The van der Waals surface area contributed by atoms with Crippen molar-refractivity contribution in [3.63, 3.8) is 0 Å². The largest absolute Gasteiger partial charge is 0.322 e. The first-order valence-corrected chi connectivity index (χ1v) is 7.66. The van der Waals surface area contributed by atoms with Crippen LogP contribution in [-0.2, 0) is 4.79 Å². The highest BCUT2D eigenvalue weighted by Crippen LogP contribution is 2.25. The maximum absolute atomic E-state index is 12.5. The van der Waals surface area contributed by atoms with Gasteiger partial charge >= 0.3 is 0 Å². The van der Waals surface area contributed by atoms with E-state index in [4.69, 9.17) is 11.6 Å². The summed E-state index contributed by atoms with van der Waals surface area (Å²) in [7, 11) is 0. The van der Waals surface area contributed by atoms with Crippen molar-refractivity contribution in [2.24, 2.45) is 0 Å². The Morgan fingerprint density at radius 3 is 2.80 bits per heavy atom. The lowest BCUT2D eigenvalue weighted by atomic mass is 10.0. The number of rotatable bonds is 3. The molecule has 0 bridgehead atoms. The van der Waals surface area contributed by atoms with Crippen molar-refractivity contribution in [2.75, 3.05) is 31.5 Å². The molecule has 2 N–H and O–H groups in total. The molecule has 0 atom stereocenters. The lowest BCUT2D eigenvalue weighted by molar-refractivity contribution is -0.126. The second-order valence-corrected chi connectivity index (χ2v) is 6.52. The van der Waals surface area contributed by atoms with Crippen LogP contribution in [0.15, 0.2) is 16.7 Å². The summed E-state index contributed by atoms with van der Waals surface area (Å²) < 4.78 is 0.775. The predicted molar refractivity (Wildman–Crippen MR) is 84.1 cm³/mol. The summed E-state index contributed by atoms with van der Waals surface area (Å²) in [5.41, 5.74) is -0.0671. The van der Waals surface area contributed by atoms with E-state index in [1.165, 1.54) is 0 Å². The van der Waals surface area contributed by atoms with Crippen molar-refractivity contribution in [1.29, 1.82) is 0 Å². The molecular weight excluding hydrogens is 344 g/mol. The van der Waals surface area contributed by atoms with Crippen LogP contribution in [0.5, 0.6) is 0 Å². The molecule has 5 nitrogen and oxygen atoms in total. The van der Waals surface area contributed by atoms with Crippen molar-refractivity contribution in [3.05, 3.63) is 21.9 Å². The molecule has 0 saturated carbocycles. The van der Waals surface area contributed by atoms with Gasteiger partial charge in [-0.15, -0.1) is 0 Å². The van der Waals surface area contributed by atoms with Gasteiger partial charge in [0.1, 0.15) is 0 Å². The van der Waals surface area contributed by atoms with Gasteiger partial charge in [-0.1, -0.05) is 11.6 Å². The minimum Gasteiger partial charge on any atom is -0.322 e. The minimum absolute atomic E-state index is 0.0822. The first-order chi connectivity index (χ1) is 9.41. The molecule has 1 aliphatic heterocycles. The van der Waals surface area contributed by atoms with Crippen molar-refractivity contribution in [3.8, 4) is 0 Å². The van der Waals surface area contributed by atoms with Crippen LogP contribution in [0.4, 0.5) is 5.69 Å². The number of halogens is 2. The molecule has 0 radical (unpaired) electrons. The van der Waals surface area contributed by atoms with Gasteiger partial charge in [-0.3, -0.25) is 9.69 Å². The van der Waals surface area contributed by atoms with Gasteiger partial charge in [-0.25, -0.2) is 4.98 Å². The number of carbonyl (C=O) groups is 1. The van der Waals surface area contributed by atoms with Crippen LogP contribution >= 0.6 is 27.5 Å². The van der Waals surface area contributed by atoms with Gasteiger partial charge in [0, 0.05) is 36.8 Å². The van der Waals surface area contributed by atoms with Crippen LogP contribution in [0.2, 0.25) is 5.15 Å². The van der Waals surface area contributed by atoms with E-state index in [0.29, 0.717) is 5.69 Å². The summed E-state index contributed by atoms with van der Waals surface area (Å²) in [6, 6.07) is 1.75. The van der Waals surface area contributed by atoms with Gasteiger partial charge in [0.15, 0.2) is 5.15 Å². The van der Waals surface area contributed by atoms with Crippen molar-refractivity contribution >= 4 is 39.1 Å². The van der Waals surface area contributed by atoms with E-state index < -0.39 is 5.54 Å². The van der Waals surface area contributed by atoms with Crippen molar-refractivity contribution in [2.45, 2.75) is 19.4 Å². The Bertz CT molecular complexity index is 503. The third kappa shape index (κ3) is 3.49. The van der Waals surface area contributed by atoms with E-state index in [9.17, 15) is 4.79 Å². The molecule has 0 unspecified atom stereocenters. The standard InChI is InChI=1S/C13H18BrClN4O/c1-13(2,19-5-3-16-4-6-19)12(20)18-10-7-9(14)8-17-11(10)15/h7-8,16H,3-6H2,1-2H3,(H,18,20). The number of nitrogens with zero attached hydrogens (tertiary/aromatic N) is 2.